The summed E-state index contributed by atoms with van der Waals surface area (Å²) in [5.41, 5.74) is 0. The van der Waals surface area contributed by atoms with Crippen LogP contribution in [0.4, 0.5) is 0 Å². The Morgan fingerprint density at radius 1 is 1.50 bits per heavy atom. The van der Waals surface area contributed by atoms with Gasteiger partial charge in [0, 0.05) is 6.92 Å². The molecule has 0 aliphatic carbocycles. The van der Waals surface area contributed by atoms with Gasteiger partial charge in [-0.15, -0.1) is 0 Å². The second-order valence-electron chi connectivity index (χ2n) is 0.519. The van der Waals surface area contributed by atoms with Crippen molar-refractivity contribution in [3.8, 4) is 0 Å². The molecule has 0 bridgehead atoms. The van der Waals surface area contributed by atoms with E-state index >= 15 is 0 Å². The third-order valence-corrected chi connectivity index (χ3v) is 0. The SMILES string of the molecule is CC(=O)O.[Cl][K].[NaH].[NaH]. The molecule has 0 fully saturated rings. The second kappa shape index (κ2) is 22.4. The van der Waals surface area contributed by atoms with E-state index in [1.54, 1.807) is 0 Å². The van der Waals surface area contributed by atoms with Crippen LogP contribution >= 0.6 is 3.76 Å². The van der Waals surface area contributed by atoms with Crippen molar-refractivity contribution >= 4 is 116 Å². The molecule has 0 aliphatic heterocycles. The van der Waals surface area contributed by atoms with E-state index in [1.165, 1.54) is 0 Å². The van der Waals surface area contributed by atoms with Crippen LogP contribution in [0.1, 0.15) is 6.92 Å². The number of hydrogen-bond donors (Lipinski definition) is 1. The summed E-state index contributed by atoms with van der Waals surface area (Å²) >= 11 is 0.535. The van der Waals surface area contributed by atoms with Gasteiger partial charge in [0.15, 0.2) is 0 Å². The van der Waals surface area contributed by atoms with Crippen molar-refractivity contribution in [3.63, 3.8) is 0 Å². The minimum atomic E-state index is -0.833. The molecular weight excluding hydrogens is 177 g/mol. The Balaban J connectivity index is -0.0000000183. The summed E-state index contributed by atoms with van der Waals surface area (Å²) < 4.78 is 4.83. The molecule has 6 heteroatoms. The van der Waals surface area contributed by atoms with Crippen LogP contribution in [-0.4, -0.2) is 117 Å². The van der Waals surface area contributed by atoms with Crippen molar-refractivity contribution in [2.75, 3.05) is 0 Å². The third-order valence-electron chi connectivity index (χ3n) is 0. The molecule has 0 saturated carbocycles. The molecule has 8 heavy (non-hydrogen) atoms. The summed E-state index contributed by atoms with van der Waals surface area (Å²) in [5.74, 6) is -0.833. The van der Waals surface area contributed by atoms with Gasteiger partial charge in [0.2, 0.25) is 0 Å². The average molecular weight is 183 g/mol. The molecular formula is C2H6ClKNa2O2. The molecule has 0 unspecified atom stereocenters. The molecule has 0 aliphatic rings. The summed E-state index contributed by atoms with van der Waals surface area (Å²) in [4.78, 5) is 9.00. The van der Waals surface area contributed by atoms with Gasteiger partial charge >= 0.3 is 110 Å². The van der Waals surface area contributed by atoms with E-state index in [4.69, 9.17) is 13.7 Å². The molecule has 0 saturated heterocycles. The molecule has 0 aromatic carbocycles. The Morgan fingerprint density at radius 3 is 1.50 bits per heavy atom. The predicted octanol–water partition coefficient (Wildman–Crippen LogP) is -0.897. The molecule has 36 valence electrons. The van der Waals surface area contributed by atoms with Crippen LogP contribution in [0.3, 0.4) is 0 Å². The number of carboxylic acid groups (broad SMARTS) is 1. The Kier molecular flexibility index (Phi) is 63.1. The molecule has 0 aromatic heterocycles. The molecule has 0 heterocycles. The number of carboxylic acids is 1. The van der Waals surface area contributed by atoms with E-state index in [0.29, 0.717) is 47.1 Å². The molecule has 0 atom stereocenters. The molecule has 0 aromatic rings. The molecule has 0 radical (unpaired) electrons. The molecule has 0 rings (SSSR count). The van der Waals surface area contributed by atoms with Crippen LogP contribution < -0.4 is 0 Å². The fraction of sp³-hybridized carbons (Fsp3) is 0.500. The van der Waals surface area contributed by atoms with E-state index < -0.39 is 5.97 Å². The molecule has 2 nitrogen and oxygen atoms in total. The van der Waals surface area contributed by atoms with Gasteiger partial charge in [0.05, 0.1) is 0 Å². The number of hydrogen-bond acceptors (Lipinski definition) is 1. The predicted molar refractivity (Wildman–Crippen MR) is 39.2 cm³/mol. The summed E-state index contributed by atoms with van der Waals surface area (Å²) in [7, 11) is 0. The summed E-state index contributed by atoms with van der Waals surface area (Å²) in [6, 6.07) is 0. The maximum absolute atomic E-state index is 9.00. The van der Waals surface area contributed by atoms with Crippen molar-refractivity contribution in [2.24, 2.45) is 0 Å². The Morgan fingerprint density at radius 2 is 1.50 bits per heavy atom. The van der Waals surface area contributed by atoms with Gasteiger partial charge < -0.3 is 5.11 Å². The van der Waals surface area contributed by atoms with E-state index in [2.05, 4.69) is 0 Å². The van der Waals surface area contributed by atoms with Gasteiger partial charge in [0.1, 0.15) is 0 Å². The first kappa shape index (κ1) is 22.5. The zero-order valence-electron chi connectivity index (χ0n) is 3.73. The summed E-state index contributed by atoms with van der Waals surface area (Å²) in [6.45, 7) is 1.08. The standard InChI is InChI=1S/C2H4O2.ClH.K.2Na.2H/c1-2(3)4;;;;;;/h1H3,(H,3,4);1H;;;;;/q;;+1;;;;/p-1. The van der Waals surface area contributed by atoms with Gasteiger partial charge in [-0.05, 0) is 0 Å². The first-order chi connectivity index (χ1) is 2.73. The van der Waals surface area contributed by atoms with E-state index in [9.17, 15) is 0 Å². The van der Waals surface area contributed by atoms with Gasteiger partial charge in [-0.3, -0.25) is 4.79 Å². The Bertz CT molecular complexity index is 41.0. The van der Waals surface area contributed by atoms with Crippen LogP contribution in [-0.2, 0) is 4.79 Å². The van der Waals surface area contributed by atoms with Crippen molar-refractivity contribution in [1.82, 2.24) is 0 Å². The number of rotatable bonds is 0. The van der Waals surface area contributed by atoms with Crippen LogP contribution in [0.2, 0.25) is 0 Å². The van der Waals surface area contributed by atoms with Crippen LogP contribution in [0.15, 0.2) is 0 Å². The van der Waals surface area contributed by atoms with E-state index in [1.807, 2.05) is 0 Å². The van der Waals surface area contributed by atoms with Gasteiger partial charge in [-0.1, -0.05) is 0 Å². The Hall–Kier alpha value is 3.40. The van der Waals surface area contributed by atoms with Gasteiger partial charge in [-0.25, -0.2) is 0 Å². The maximum atomic E-state index is 9.00. The fourth-order valence-electron chi connectivity index (χ4n) is 0. The van der Waals surface area contributed by atoms with E-state index in [-0.39, 0.29) is 59.1 Å². The summed E-state index contributed by atoms with van der Waals surface area (Å²) in [5, 5.41) is 7.42. The number of carbonyl (C=O) groups is 1. The third kappa shape index (κ3) is 57.4. The number of halogens is 1. The van der Waals surface area contributed by atoms with Crippen molar-refractivity contribution in [2.45, 2.75) is 6.92 Å². The molecule has 0 spiro atoms. The average Bonchev–Trinajstić information content (AvgIpc) is 1.41. The first-order valence-corrected chi connectivity index (χ1v) is 5.60. The van der Waals surface area contributed by atoms with E-state index in [0.717, 1.165) is 6.92 Å². The fourth-order valence-corrected chi connectivity index (χ4v) is 0. The second-order valence-corrected chi connectivity index (χ2v) is 0.519. The van der Waals surface area contributed by atoms with Gasteiger partial charge in [-0.2, -0.15) is 0 Å². The molecule has 1 N–H and O–H groups in total. The topological polar surface area (TPSA) is 37.3 Å². The monoisotopic (exact) mass is 182 g/mol. The Labute approximate surface area is 129 Å². The zero-order valence-corrected chi connectivity index (χ0v) is 7.61. The van der Waals surface area contributed by atoms with Crippen molar-refractivity contribution in [1.29, 1.82) is 0 Å². The first-order valence-electron chi connectivity index (χ1n) is 1.31. The van der Waals surface area contributed by atoms with Crippen LogP contribution in [0.5, 0.6) is 0 Å². The van der Waals surface area contributed by atoms with Crippen molar-refractivity contribution in [3.05, 3.63) is 0 Å². The summed E-state index contributed by atoms with van der Waals surface area (Å²) in [6.07, 6.45) is 0. The minimum absolute atomic E-state index is 0. The van der Waals surface area contributed by atoms with Crippen LogP contribution in [0.25, 0.3) is 0 Å². The zero-order chi connectivity index (χ0) is 5.58. The van der Waals surface area contributed by atoms with Crippen LogP contribution in [0, 0.1) is 0 Å². The van der Waals surface area contributed by atoms with Gasteiger partial charge in [0.25, 0.3) is 5.97 Å². The number of aliphatic carboxylic acids is 1. The molecule has 0 amide bonds. The quantitative estimate of drug-likeness (QED) is 0.494. The normalized spacial score (nSPS) is 4.00. The van der Waals surface area contributed by atoms with Crippen molar-refractivity contribution < 1.29 is 9.90 Å².